The number of hydrogen-bond donors (Lipinski definition) is 0. The molecular weight excluding hydrogens is 148 g/mol. The topological polar surface area (TPSA) is 19.9 Å². The van der Waals surface area contributed by atoms with Gasteiger partial charge in [0.15, 0.2) is 5.75 Å². The van der Waals surface area contributed by atoms with Crippen LogP contribution in [-0.4, -0.2) is 0 Å². The van der Waals surface area contributed by atoms with E-state index in [4.69, 9.17) is 11.6 Å². The molecule has 53 valence electrons. The Balaban J connectivity index is 3.28. The Labute approximate surface area is 65.3 Å². The van der Waals surface area contributed by atoms with Gasteiger partial charge in [-0.15, -0.1) is 0 Å². The molecule has 0 saturated carbocycles. The first-order valence-electron chi connectivity index (χ1n) is 3.05. The molecule has 0 aliphatic rings. The molecule has 1 rings (SSSR count). The summed E-state index contributed by atoms with van der Waals surface area (Å²) in [7, 11) is 0. The van der Waals surface area contributed by atoms with E-state index in [-0.39, 0.29) is 5.75 Å². The second-order valence-corrected chi connectivity index (χ2v) is 2.77. The molecule has 1 nitrogen and oxygen atoms in total. The van der Waals surface area contributed by atoms with Crippen molar-refractivity contribution in [1.82, 2.24) is 0 Å². The van der Waals surface area contributed by atoms with Crippen LogP contribution in [0.25, 0.3) is 0 Å². The highest BCUT2D eigenvalue weighted by atomic mass is 35.5. The number of rotatable bonds is 0. The second-order valence-electron chi connectivity index (χ2n) is 2.37. The van der Waals surface area contributed by atoms with Crippen molar-refractivity contribution < 1.29 is 5.11 Å². The van der Waals surface area contributed by atoms with Gasteiger partial charge in [-0.3, -0.25) is 5.11 Å². The van der Waals surface area contributed by atoms with Gasteiger partial charge in [-0.1, -0.05) is 11.6 Å². The molecule has 0 aliphatic carbocycles. The van der Waals surface area contributed by atoms with Crippen molar-refractivity contribution >= 4 is 11.6 Å². The van der Waals surface area contributed by atoms with Gasteiger partial charge in [-0.05, 0) is 37.1 Å². The van der Waals surface area contributed by atoms with E-state index in [2.05, 4.69) is 0 Å². The molecule has 2 heteroatoms. The van der Waals surface area contributed by atoms with Crippen LogP contribution in [0.5, 0.6) is 5.75 Å². The quantitative estimate of drug-likeness (QED) is 0.549. The highest BCUT2D eigenvalue weighted by molar-refractivity contribution is 6.32. The summed E-state index contributed by atoms with van der Waals surface area (Å²) < 4.78 is 0. The largest absolute Gasteiger partial charge is 0.288 e. The van der Waals surface area contributed by atoms with Crippen LogP contribution in [0.4, 0.5) is 0 Å². The summed E-state index contributed by atoms with van der Waals surface area (Å²) in [6.07, 6.45) is 0. The minimum absolute atomic E-state index is 0.0928. The van der Waals surface area contributed by atoms with E-state index in [0.717, 1.165) is 11.1 Å². The smallest absolute Gasteiger partial charge is 0.197 e. The molecule has 0 atom stereocenters. The zero-order valence-electron chi connectivity index (χ0n) is 5.94. The Bertz CT molecular complexity index is 205. The Hall–Kier alpha value is -0.690. The number of benzene rings is 1. The fraction of sp³-hybridized carbons (Fsp3) is 0.250. The van der Waals surface area contributed by atoms with Crippen LogP contribution in [0.2, 0.25) is 5.02 Å². The molecule has 0 heterocycles. The van der Waals surface area contributed by atoms with Gasteiger partial charge < -0.3 is 0 Å². The molecular formula is C8H8ClO. The summed E-state index contributed by atoms with van der Waals surface area (Å²) in [5, 5.41) is 11.2. The van der Waals surface area contributed by atoms with Gasteiger partial charge in [0.25, 0.3) is 0 Å². The predicted molar refractivity (Wildman–Crippen MR) is 41.1 cm³/mol. The molecule has 0 aromatic heterocycles. The molecule has 0 aliphatic heterocycles. The maximum Gasteiger partial charge on any atom is 0.197 e. The Morgan fingerprint density at radius 3 is 2.20 bits per heavy atom. The molecule has 0 bridgehead atoms. The molecule has 1 radical (unpaired) electrons. The lowest BCUT2D eigenvalue weighted by Crippen LogP contribution is -1.78. The Morgan fingerprint density at radius 1 is 1.20 bits per heavy atom. The zero-order valence-corrected chi connectivity index (χ0v) is 6.70. The summed E-state index contributed by atoms with van der Waals surface area (Å²) in [6.45, 7) is 3.83. The summed E-state index contributed by atoms with van der Waals surface area (Å²) >= 11 is 5.57. The first-order chi connectivity index (χ1) is 4.61. The molecule has 0 fully saturated rings. The molecule has 1 aromatic carbocycles. The van der Waals surface area contributed by atoms with Crippen LogP contribution in [0, 0.1) is 13.8 Å². The fourth-order valence-corrected chi connectivity index (χ4v) is 0.973. The minimum atomic E-state index is -0.0928. The van der Waals surface area contributed by atoms with Crippen molar-refractivity contribution in [2.75, 3.05) is 0 Å². The summed E-state index contributed by atoms with van der Waals surface area (Å²) in [6, 6.07) is 3.25. The van der Waals surface area contributed by atoms with Crippen LogP contribution in [0.3, 0.4) is 0 Å². The van der Waals surface area contributed by atoms with E-state index < -0.39 is 0 Å². The lowest BCUT2D eigenvalue weighted by atomic mass is 10.1. The van der Waals surface area contributed by atoms with Gasteiger partial charge in [0.1, 0.15) is 0 Å². The van der Waals surface area contributed by atoms with Crippen LogP contribution in [0.1, 0.15) is 11.1 Å². The zero-order chi connectivity index (χ0) is 7.72. The van der Waals surface area contributed by atoms with Crippen LogP contribution in [0.15, 0.2) is 12.1 Å². The molecule has 1 aromatic rings. The van der Waals surface area contributed by atoms with Crippen molar-refractivity contribution in [1.29, 1.82) is 0 Å². The number of hydrogen-bond acceptors (Lipinski definition) is 0. The molecule has 10 heavy (non-hydrogen) atoms. The van der Waals surface area contributed by atoms with Crippen molar-refractivity contribution in [3.63, 3.8) is 0 Å². The molecule has 0 saturated heterocycles. The maximum atomic E-state index is 10.9. The second kappa shape index (κ2) is 2.51. The highest BCUT2D eigenvalue weighted by Gasteiger charge is 2.01. The molecule has 0 unspecified atom stereocenters. The minimum Gasteiger partial charge on any atom is -0.288 e. The van der Waals surface area contributed by atoms with Crippen LogP contribution in [-0.2, 0) is 5.11 Å². The van der Waals surface area contributed by atoms with E-state index in [9.17, 15) is 5.11 Å². The molecule has 0 amide bonds. The third kappa shape index (κ3) is 1.24. The van der Waals surface area contributed by atoms with E-state index in [1.54, 1.807) is 12.1 Å². The summed E-state index contributed by atoms with van der Waals surface area (Å²) in [5.41, 5.74) is 2.05. The van der Waals surface area contributed by atoms with Gasteiger partial charge in [0.2, 0.25) is 0 Å². The Morgan fingerprint density at radius 2 is 1.70 bits per heavy atom. The summed E-state index contributed by atoms with van der Waals surface area (Å²) in [5.74, 6) is -0.0928. The lowest BCUT2D eigenvalue weighted by Gasteiger charge is -1.99. The predicted octanol–water partition coefficient (Wildman–Crippen LogP) is 3.10. The number of aryl methyl sites for hydroxylation is 2. The average Bonchev–Trinajstić information content (AvgIpc) is 1.84. The monoisotopic (exact) mass is 155 g/mol. The van der Waals surface area contributed by atoms with Gasteiger partial charge in [0, 0.05) is 0 Å². The molecule has 0 spiro atoms. The van der Waals surface area contributed by atoms with Gasteiger partial charge in [-0.2, -0.15) is 0 Å². The highest BCUT2D eigenvalue weighted by Crippen LogP contribution is 2.26. The average molecular weight is 156 g/mol. The fourth-order valence-electron chi connectivity index (χ4n) is 0.754. The SMILES string of the molecule is Cc1cc([O])c(Cl)cc1C. The maximum absolute atomic E-state index is 10.9. The molecule has 0 N–H and O–H groups in total. The van der Waals surface area contributed by atoms with Gasteiger partial charge in [0.05, 0.1) is 5.02 Å². The standard InChI is InChI=1S/C8H8ClO/c1-5-3-7(9)8(10)4-6(5)2/h3-4H,1-2H3. The van der Waals surface area contributed by atoms with E-state index in [0.29, 0.717) is 5.02 Å². The number of halogens is 1. The van der Waals surface area contributed by atoms with Gasteiger partial charge in [-0.25, -0.2) is 0 Å². The van der Waals surface area contributed by atoms with Crippen LogP contribution < -0.4 is 0 Å². The first-order valence-corrected chi connectivity index (χ1v) is 3.43. The van der Waals surface area contributed by atoms with Gasteiger partial charge >= 0.3 is 0 Å². The van der Waals surface area contributed by atoms with E-state index in [1.807, 2.05) is 13.8 Å². The lowest BCUT2D eigenvalue weighted by molar-refractivity contribution is 0.355. The Kier molecular flexibility index (Phi) is 1.86. The third-order valence-corrected chi connectivity index (χ3v) is 1.84. The van der Waals surface area contributed by atoms with E-state index in [1.165, 1.54) is 0 Å². The first kappa shape index (κ1) is 7.42. The van der Waals surface area contributed by atoms with Crippen molar-refractivity contribution in [2.45, 2.75) is 13.8 Å². The van der Waals surface area contributed by atoms with E-state index >= 15 is 0 Å². The van der Waals surface area contributed by atoms with Crippen LogP contribution >= 0.6 is 11.6 Å². The third-order valence-electron chi connectivity index (χ3n) is 1.55. The van der Waals surface area contributed by atoms with Crippen molar-refractivity contribution in [3.05, 3.63) is 28.3 Å². The van der Waals surface area contributed by atoms with Crippen molar-refractivity contribution in [3.8, 4) is 5.75 Å². The normalized spacial score (nSPS) is 9.90. The van der Waals surface area contributed by atoms with Crippen molar-refractivity contribution in [2.24, 2.45) is 0 Å². The summed E-state index contributed by atoms with van der Waals surface area (Å²) in [4.78, 5) is 0.